The predicted octanol–water partition coefficient (Wildman–Crippen LogP) is 19.1. The van der Waals surface area contributed by atoms with Crippen LogP contribution in [-0.2, 0) is 36.5 Å². The van der Waals surface area contributed by atoms with Gasteiger partial charge in [-0.1, -0.05) is 185 Å². The molecule has 0 unspecified atom stereocenters. The van der Waals surface area contributed by atoms with E-state index in [0.29, 0.717) is 0 Å². The minimum absolute atomic E-state index is 0.159. The molecule has 0 bridgehead atoms. The fourth-order valence-electron chi connectivity index (χ4n) is 13.9. The molecule has 0 aromatic heterocycles. The maximum atomic E-state index is 2.54. The number of aryl methyl sites for hydroxylation is 4. The van der Waals surface area contributed by atoms with Crippen LogP contribution in [-0.4, -0.2) is 0 Å². The van der Waals surface area contributed by atoms with Crippen molar-refractivity contribution in [2.24, 2.45) is 0 Å². The van der Waals surface area contributed by atoms with Crippen molar-refractivity contribution in [1.82, 2.24) is 0 Å². The molecule has 2 nitrogen and oxygen atoms in total. The average molecular weight is 949 g/mol. The summed E-state index contributed by atoms with van der Waals surface area (Å²) in [7, 11) is 0. The van der Waals surface area contributed by atoms with Crippen LogP contribution in [0.3, 0.4) is 0 Å². The molecule has 2 aliphatic heterocycles. The minimum atomic E-state index is -0.159. The highest BCUT2D eigenvalue weighted by Gasteiger charge is 2.38. The number of hydrogen-bond acceptors (Lipinski definition) is 2. The van der Waals surface area contributed by atoms with Gasteiger partial charge in [0.15, 0.2) is 0 Å². The Morgan fingerprint density at radius 2 is 0.608 bits per heavy atom. The summed E-state index contributed by atoms with van der Waals surface area (Å²) >= 11 is 0. The number of rotatable bonds is 4. The highest BCUT2D eigenvalue weighted by molar-refractivity contribution is 6.23. The van der Waals surface area contributed by atoms with E-state index in [9.17, 15) is 0 Å². The van der Waals surface area contributed by atoms with Crippen LogP contribution >= 0.6 is 0 Å². The molecule has 4 aliphatic rings. The number of para-hydroxylation sites is 4. The maximum absolute atomic E-state index is 2.54. The minimum Gasteiger partial charge on any atom is -0.310 e. The summed E-state index contributed by atoms with van der Waals surface area (Å²) in [5, 5.41) is 4.99. The molecule has 2 heteroatoms. The smallest absolute Gasteiger partial charge is 0.0493 e. The standard InChI is InChI=1S/C72H56N2/c1-71(2)61-23-11-9-21-53(61)55-37-33-49(41-63(55)71)69-57-39-35-52(74-67-27-15-7-19-47(67)31-32-48-20-8-16-28-68(48)74)44-60(57)70(50-34-38-56-54-22-10-12-24-62(54)72(3,4)64(56)42-50)58-40-36-51(43-59(58)69)73-65-25-13-5-17-45(65)29-30-46-18-6-14-26-66(46)73/h5-28,33-44H,29-32H2,1-4H3. The van der Waals surface area contributed by atoms with Gasteiger partial charge in [-0.15, -0.1) is 0 Å². The Morgan fingerprint density at radius 1 is 0.284 bits per heavy atom. The highest BCUT2D eigenvalue weighted by atomic mass is 15.2. The van der Waals surface area contributed by atoms with Crippen molar-refractivity contribution in [3.05, 3.63) is 263 Å². The number of fused-ring (bicyclic) bond motifs is 12. The molecule has 0 fully saturated rings. The Bertz CT molecular complexity index is 3800. The number of hydrogen-bond donors (Lipinski definition) is 0. The van der Waals surface area contributed by atoms with Crippen molar-refractivity contribution in [2.45, 2.75) is 64.2 Å². The van der Waals surface area contributed by atoms with Crippen LogP contribution < -0.4 is 9.80 Å². The average Bonchev–Trinajstić information content (AvgIpc) is 3.61. The van der Waals surface area contributed by atoms with E-state index in [0.717, 1.165) is 25.7 Å². The molecule has 11 aromatic carbocycles. The molecule has 74 heavy (non-hydrogen) atoms. The zero-order valence-electron chi connectivity index (χ0n) is 42.5. The van der Waals surface area contributed by atoms with Crippen molar-refractivity contribution >= 4 is 55.7 Å². The van der Waals surface area contributed by atoms with Crippen LogP contribution in [0, 0.1) is 0 Å². The molecule has 15 rings (SSSR count). The zero-order valence-corrected chi connectivity index (χ0v) is 42.5. The van der Waals surface area contributed by atoms with Crippen LogP contribution in [0.4, 0.5) is 34.1 Å². The monoisotopic (exact) mass is 948 g/mol. The summed E-state index contributed by atoms with van der Waals surface area (Å²) in [6, 6.07) is 83.7. The van der Waals surface area contributed by atoms with Crippen LogP contribution in [0.2, 0.25) is 0 Å². The van der Waals surface area contributed by atoms with E-state index in [-0.39, 0.29) is 10.8 Å². The summed E-state index contributed by atoms with van der Waals surface area (Å²) in [6.45, 7) is 9.63. The van der Waals surface area contributed by atoms with E-state index in [1.165, 1.54) is 145 Å². The molecule has 11 aromatic rings. The van der Waals surface area contributed by atoms with Crippen LogP contribution in [0.25, 0.3) is 66.1 Å². The molecule has 0 amide bonds. The number of anilines is 6. The first-order valence-electron chi connectivity index (χ1n) is 26.7. The molecule has 0 radical (unpaired) electrons. The SMILES string of the molecule is CC1(C)c2ccccc2-c2ccc(-c3c4ccc(N5c6ccccc6CCc6ccccc65)cc4c(-c4ccc5c(c4)C(C)(C)c4ccccc4-5)c4ccc(N5c6ccccc6CCc6ccccc65)cc34)cc21. The number of nitrogens with zero attached hydrogens (tertiary/aromatic N) is 2. The van der Waals surface area contributed by atoms with Crippen LogP contribution in [0.5, 0.6) is 0 Å². The first kappa shape index (κ1) is 43.2. The lowest BCUT2D eigenvalue weighted by molar-refractivity contribution is 0.660. The largest absolute Gasteiger partial charge is 0.310 e. The van der Waals surface area contributed by atoms with Crippen LogP contribution in [0.15, 0.2) is 218 Å². The lowest BCUT2D eigenvalue weighted by Crippen LogP contribution is -2.15. The van der Waals surface area contributed by atoms with Crippen molar-refractivity contribution < 1.29 is 0 Å². The van der Waals surface area contributed by atoms with Gasteiger partial charge in [0, 0.05) is 45.0 Å². The van der Waals surface area contributed by atoms with Gasteiger partial charge in [-0.3, -0.25) is 0 Å². The molecule has 354 valence electrons. The Balaban J connectivity index is 1.07. The van der Waals surface area contributed by atoms with Gasteiger partial charge >= 0.3 is 0 Å². The number of benzene rings is 11. The Labute approximate surface area is 434 Å². The maximum Gasteiger partial charge on any atom is 0.0493 e. The van der Waals surface area contributed by atoms with Crippen LogP contribution in [0.1, 0.15) is 72.2 Å². The highest BCUT2D eigenvalue weighted by Crippen LogP contribution is 2.55. The topological polar surface area (TPSA) is 6.48 Å². The first-order chi connectivity index (χ1) is 36.2. The lowest BCUT2D eigenvalue weighted by atomic mass is 9.79. The van der Waals surface area contributed by atoms with Gasteiger partial charge in [0.1, 0.15) is 0 Å². The second kappa shape index (κ2) is 16.0. The molecule has 2 heterocycles. The normalized spacial score (nSPS) is 15.2. The molecule has 0 N–H and O–H groups in total. The molecular weight excluding hydrogens is 893 g/mol. The Kier molecular flexibility index (Phi) is 9.34. The van der Waals surface area contributed by atoms with E-state index in [4.69, 9.17) is 0 Å². The third kappa shape index (κ3) is 6.24. The first-order valence-corrected chi connectivity index (χ1v) is 26.7. The summed E-state index contributed by atoms with van der Waals surface area (Å²) in [5.41, 5.74) is 28.4. The van der Waals surface area contributed by atoms with Crippen molar-refractivity contribution in [2.75, 3.05) is 9.80 Å². The van der Waals surface area contributed by atoms with Gasteiger partial charge in [0.25, 0.3) is 0 Å². The Morgan fingerprint density at radius 3 is 0.986 bits per heavy atom. The molecule has 0 atom stereocenters. The summed E-state index contributed by atoms with van der Waals surface area (Å²) in [5.74, 6) is 0. The van der Waals surface area contributed by atoms with E-state index in [1.54, 1.807) is 0 Å². The van der Waals surface area contributed by atoms with Crippen molar-refractivity contribution in [1.29, 1.82) is 0 Å². The quantitative estimate of drug-likeness (QED) is 0.162. The zero-order chi connectivity index (χ0) is 49.5. The van der Waals surface area contributed by atoms with Gasteiger partial charge in [-0.05, 0) is 197 Å². The lowest BCUT2D eigenvalue weighted by Gasteiger charge is -2.29. The van der Waals surface area contributed by atoms with Gasteiger partial charge in [0.05, 0.1) is 0 Å². The molecule has 2 aliphatic carbocycles. The van der Waals surface area contributed by atoms with Gasteiger partial charge in [0.2, 0.25) is 0 Å². The van der Waals surface area contributed by atoms with Gasteiger partial charge in [-0.2, -0.15) is 0 Å². The van der Waals surface area contributed by atoms with Gasteiger partial charge in [-0.25, -0.2) is 0 Å². The Hall–Kier alpha value is -8.46. The summed E-state index contributed by atoms with van der Waals surface area (Å²) < 4.78 is 0. The molecule has 0 spiro atoms. The molecule has 0 saturated heterocycles. The summed E-state index contributed by atoms with van der Waals surface area (Å²) in [6.07, 6.45) is 3.99. The second-order valence-corrected chi connectivity index (χ2v) is 22.3. The van der Waals surface area contributed by atoms with Gasteiger partial charge < -0.3 is 9.80 Å². The fourth-order valence-corrected chi connectivity index (χ4v) is 13.9. The third-order valence-electron chi connectivity index (χ3n) is 17.6. The van der Waals surface area contributed by atoms with E-state index in [1.807, 2.05) is 0 Å². The third-order valence-corrected chi connectivity index (χ3v) is 17.6. The van der Waals surface area contributed by atoms with E-state index < -0.39 is 0 Å². The van der Waals surface area contributed by atoms with Crippen molar-refractivity contribution in [3.8, 4) is 44.5 Å². The van der Waals surface area contributed by atoms with Crippen molar-refractivity contribution in [3.63, 3.8) is 0 Å². The second-order valence-electron chi connectivity index (χ2n) is 22.3. The van der Waals surface area contributed by atoms with E-state index in [2.05, 4.69) is 256 Å². The molecular formula is C72H56N2. The summed E-state index contributed by atoms with van der Waals surface area (Å²) in [4.78, 5) is 5.08. The fraction of sp³-hybridized carbons (Fsp3) is 0.139. The molecule has 0 saturated carbocycles. The predicted molar refractivity (Wildman–Crippen MR) is 312 cm³/mol. The van der Waals surface area contributed by atoms with E-state index >= 15 is 0 Å².